The number of aromatic nitrogens is 1. The van der Waals surface area contributed by atoms with E-state index in [2.05, 4.69) is 17.4 Å². The molecule has 0 aliphatic rings. The first-order valence-electron chi connectivity index (χ1n) is 5.10. The van der Waals surface area contributed by atoms with Crippen molar-refractivity contribution >= 4 is 0 Å². The maximum absolute atomic E-state index is 5.39. The van der Waals surface area contributed by atoms with E-state index < -0.39 is 0 Å². The molecular weight excluding hydrogens is 180 g/mol. The number of hydrogen-bond acceptors (Lipinski definition) is 4. The zero-order chi connectivity index (χ0) is 10.1. The molecule has 0 aliphatic heterocycles. The molecule has 80 valence electrons. The minimum absolute atomic E-state index is 0.769. The van der Waals surface area contributed by atoms with Crippen molar-refractivity contribution in [1.29, 1.82) is 0 Å². The largest absolute Gasteiger partial charge is 0.380 e. The third kappa shape index (κ3) is 4.99. The topological polar surface area (TPSA) is 47.3 Å². The SMILES string of the molecule is CCCCOCCNCc1cnoc1. The van der Waals surface area contributed by atoms with Crippen molar-refractivity contribution in [2.75, 3.05) is 19.8 Å². The number of rotatable bonds is 8. The molecule has 0 radical (unpaired) electrons. The van der Waals surface area contributed by atoms with E-state index in [1.165, 1.54) is 6.42 Å². The standard InChI is InChI=1S/C10H18N2O2/c1-2-3-5-13-6-4-11-7-10-8-12-14-9-10/h8-9,11H,2-7H2,1H3. The van der Waals surface area contributed by atoms with Crippen LogP contribution in [0.2, 0.25) is 0 Å². The van der Waals surface area contributed by atoms with Crippen molar-refractivity contribution < 1.29 is 9.26 Å². The minimum Gasteiger partial charge on any atom is -0.380 e. The van der Waals surface area contributed by atoms with Crippen LogP contribution in [0.3, 0.4) is 0 Å². The van der Waals surface area contributed by atoms with Crippen LogP contribution in [-0.4, -0.2) is 24.9 Å². The molecule has 1 aromatic heterocycles. The van der Waals surface area contributed by atoms with Gasteiger partial charge in [0.05, 0.1) is 12.8 Å². The molecule has 0 saturated heterocycles. The van der Waals surface area contributed by atoms with E-state index in [4.69, 9.17) is 9.26 Å². The molecule has 0 aliphatic carbocycles. The summed E-state index contributed by atoms with van der Waals surface area (Å²) in [6, 6.07) is 0. The summed E-state index contributed by atoms with van der Waals surface area (Å²) in [7, 11) is 0. The molecular formula is C10H18N2O2. The van der Waals surface area contributed by atoms with Crippen LogP contribution in [0.15, 0.2) is 17.0 Å². The highest BCUT2D eigenvalue weighted by molar-refractivity contribution is 4.98. The Balaban J connectivity index is 1.85. The van der Waals surface area contributed by atoms with Gasteiger partial charge in [0, 0.05) is 25.3 Å². The summed E-state index contributed by atoms with van der Waals surface area (Å²) in [5, 5.41) is 6.86. The Morgan fingerprint density at radius 2 is 2.43 bits per heavy atom. The van der Waals surface area contributed by atoms with Crippen molar-refractivity contribution in [1.82, 2.24) is 10.5 Å². The van der Waals surface area contributed by atoms with Crippen LogP contribution in [0.5, 0.6) is 0 Å². The number of ether oxygens (including phenoxy) is 1. The summed E-state index contributed by atoms with van der Waals surface area (Å²) in [6.07, 6.45) is 5.69. The van der Waals surface area contributed by atoms with E-state index >= 15 is 0 Å². The summed E-state index contributed by atoms with van der Waals surface area (Å²) in [4.78, 5) is 0. The maximum atomic E-state index is 5.39. The van der Waals surface area contributed by atoms with Gasteiger partial charge in [-0.15, -0.1) is 0 Å². The first kappa shape index (κ1) is 11.2. The highest BCUT2D eigenvalue weighted by atomic mass is 16.5. The Labute approximate surface area is 84.6 Å². The molecule has 0 bridgehead atoms. The predicted molar refractivity (Wildman–Crippen MR) is 53.9 cm³/mol. The van der Waals surface area contributed by atoms with Crippen LogP contribution in [0, 0.1) is 0 Å². The molecule has 0 aromatic carbocycles. The zero-order valence-corrected chi connectivity index (χ0v) is 8.66. The Morgan fingerprint density at radius 1 is 1.50 bits per heavy atom. The normalized spacial score (nSPS) is 10.6. The number of nitrogens with one attached hydrogen (secondary N) is 1. The molecule has 0 fully saturated rings. The Kier molecular flexibility index (Phi) is 6.02. The lowest BCUT2D eigenvalue weighted by molar-refractivity contribution is 0.133. The fraction of sp³-hybridized carbons (Fsp3) is 0.700. The van der Waals surface area contributed by atoms with Gasteiger partial charge < -0.3 is 14.6 Å². The second kappa shape index (κ2) is 7.53. The lowest BCUT2D eigenvalue weighted by atomic mass is 10.3. The van der Waals surface area contributed by atoms with E-state index in [1.54, 1.807) is 12.5 Å². The third-order valence-electron chi connectivity index (χ3n) is 1.88. The Hall–Kier alpha value is -0.870. The molecule has 4 heteroatoms. The van der Waals surface area contributed by atoms with E-state index in [0.717, 1.165) is 38.3 Å². The molecule has 0 saturated carbocycles. The van der Waals surface area contributed by atoms with Crippen LogP contribution in [0.1, 0.15) is 25.3 Å². The molecule has 0 atom stereocenters. The molecule has 1 N–H and O–H groups in total. The fourth-order valence-electron chi connectivity index (χ4n) is 1.04. The number of nitrogens with zero attached hydrogens (tertiary/aromatic N) is 1. The molecule has 1 aromatic rings. The van der Waals surface area contributed by atoms with E-state index in [0.29, 0.717) is 0 Å². The molecule has 1 rings (SSSR count). The van der Waals surface area contributed by atoms with Gasteiger partial charge in [0.1, 0.15) is 6.26 Å². The smallest absolute Gasteiger partial charge is 0.128 e. The van der Waals surface area contributed by atoms with Gasteiger partial charge in [0.2, 0.25) is 0 Å². The van der Waals surface area contributed by atoms with Crippen molar-refractivity contribution in [3.05, 3.63) is 18.0 Å². The maximum Gasteiger partial charge on any atom is 0.128 e. The minimum atomic E-state index is 0.769. The second-order valence-corrected chi connectivity index (χ2v) is 3.18. The summed E-state index contributed by atoms with van der Waals surface area (Å²) < 4.78 is 10.1. The fourth-order valence-corrected chi connectivity index (χ4v) is 1.04. The van der Waals surface area contributed by atoms with Gasteiger partial charge in [0.15, 0.2) is 0 Å². The first-order chi connectivity index (χ1) is 6.93. The third-order valence-corrected chi connectivity index (χ3v) is 1.88. The van der Waals surface area contributed by atoms with Crippen molar-refractivity contribution in [3.8, 4) is 0 Å². The molecule has 4 nitrogen and oxygen atoms in total. The zero-order valence-electron chi connectivity index (χ0n) is 8.66. The summed E-state index contributed by atoms with van der Waals surface area (Å²) in [5.41, 5.74) is 1.07. The van der Waals surface area contributed by atoms with Crippen LogP contribution in [-0.2, 0) is 11.3 Å². The Bertz CT molecular complexity index is 212. The van der Waals surface area contributed by atoms with Gasteiger partial charge in [-0.2, -0.15) is 0 Å². The average molecular weight is 198 g/mol. The van der Waals surface area contributed by atoms with Crippen molar-refractivity contribution in [3.63, 3.8) is 0 Å². The van der Waals surface area contributed by atoms with Gasteiger partial charge in [-0.1, -0.05) is 18.5 Å². The molecule has 0 unspecified atom stereocenters. The summed E-state index contributed by atoms with van der Waals surface area (Å²) >= 11 is 0. The highest BCUT2D eigenvalue weighted by Gasteiger charge is 1.94. The van der Waals surface area contributed by atoms with E-state index in [1.807, 2.05) is 0 Å². The monoisotopic (exact) mass is 198 g/mol. The molecule has 0 spiro atoms. The van der Waals surface area contributed by atoms with E-state index in [9.17, 15) is 0 Å². The van der Waals surface area contributed by atoms with Gasteiger partial charge >= 0.3 is 0 Å². The first-order valence-corrected chi connectivity index (χ1v) is 5.10. The molecule has 1 heterocycles. The number of unbranched alkanes of at least 4 members (excludes halogenated alkanes) is 1. The molecule has 14 heavy (non-hydrogen) atoms. The predicted octanol–water partition coefficient (Wildman–Crippen LogP) is 1.58. The summed E-state index contributed by atoms with van der Waals surface area (Å²) in [5.74, 6) is 0. The Morgan fingerprint density at radius 3 is 3.14 bits per heavy atom. The van der Waals surface area contributed by atoms with Gasteiger partial charge in [-0.3, -0.25) is 0 Å². The second-order valence-electron chi connectivity index (χ2n) is 3.18. The van der Waals surface area contributed by atoms with Crippen LogP contribution in [0.4, 0.5) is 0 Å². The lowest BCUT2D eigenvalue weighted by Gasteiger charge is -2.03. The van der Waals surface area contributed by atoms with Gasteiger partial charge in [-0.05, 0) is 6.42 Å². The van der Waals surface area contributed by atoms with Crippen molar-refractivity contribution in [2.45, 2.75) is 26.3 Å². The van der Waals surface area contributed by atoms with E-state index in [-0.39, 0.29) is 0 Å². The summed E-state index contributed by atoms with van der Waals surface area (Å²) in [6.45, 7) is 5.46. The van der Waals surface area contributed by atoms with Crippen LogP contribution < -0.4 is 5.32 Å². The van der Waals surface area contributed by atoms with Gasteiger partial charge in [0.25, 0.3) is 0 Å². The average Bonchev–Trinajstić information content (AvgIpc) is 2.69. The lowest BCUT2D eigenvalue weighted by Crippen LogP contribution is -2.19. The number of hydrogen-bond donors (Lipinski definition) is 1. The van der Waals surface area contributed by atoms with Crippen LogP contribution in [0.25, 0.3) is 0 Å². The van der Waals surface area contributed by atoms with Crippen molar-refractivity contribution in [2.24, 2.45) is 0 Å². The van der Waals surface area contributed by atoms with Crippen LogP contribution >= 0.6 is 0 Å². The highest BCUT2D eigenvalue weighted by Crippen LogP contribution is 1.94. The van der Waals surface area contributed by atoms with Gasteiger partial charge in [-0.25, -0.2) is 0 Å². The quantitative estimate of drug-likeness (QED) is 0.644. The molecule has 0 amide bonds.